The number of aromatic nitrogens is 1. The maximum atomic E-state index is 13.1. The highest BCUT2D eigenvalue weighted by molar-refractivity contribution is 5.99. The summed E-state index contributed by atoms with van der Waals surface area (Å²) in [5.41, 5.74) is 2.42. The van der Waals surface area contributed by atoms with E-state index in [1.807, 2.05) is 26.0 Å². The van der Waals surface area contributed by atoms with Crippen LogP contribution >= 0.6 is 0 Å². The molecular weight excluding hydrogens is 392 g/mol. The fourth-order valence-corrected chi connectivity index (χ4v) is 6.61. The number of Topliss-reactive ketones (excluding diaryl/α,β-unsaturated/α-hetero) is 1. The van der Waals surface area contributed by atoms with E-state index >= 15 is 0 Å². The normalized spacial score (nSPS) is 29.1. The highest BCUT2D eigenvalue weighted by atomic mass is 16.5. The molecule has 0 spiro atoms. The van der Waals surface area contributed by atoms with E-state index in [-0.39, 0.29) is 23.4 Å². The topological polar surface area (TPSA) is 81.3 Å². The van der Waals surface area contributed by atoms with E-state index < -0.39 is 5.97 Å². The van der Waals surface area contributed by atoms with Crippen molar-refractivity contribution in [3.8, 4) is 6.07 Å². The van der Waals surface area contributed by atoms with Gasteiger partial charge >= 0.3 is 5.97 Å². The summed E-state index contributed by atoms with van der Waals surface area (Å²) in [5, 5.41) is 9.53. The third-order valence-electron chi connectivity index (χ3n) is 7.74. The van der Waals surface area contributed by atoms with Crippen LogP contribution in [0.5, 0.6) is 0 Å². The molecule has 6 heteroatoms. The number of hydrogen-bond donors (Lipinski definition) is 0. The van der Waals surface area contributed by atoms with Gasteiger partial charge in [-0.1, -0.05) is 0 Å². The van der Waals surface area contributed by atoms with E-state index in [1.54, 1.807) is 13.2 Å². The first kappa shape index (κ1) is 21.8. The lowest BCUT2D eigenvalue weighted by atomic mass is 9.48. The first-order chi connectivity index (χ1) is 14.8. The van der Waals surface area contributed by atoms with Crippen LogP contribution in [0.3, 0.4) is 0 Å². The molecular formula is C25H32N2O4. The van der Waals surface area contributed by atoms with Gasteiger partial charge in [0.1, 0.15) is 11.6 Å². The van der Waals surface area contributed by atoms with Crippen molar-refractivity contribution in [1.29, 1.82) is 5.26 Å². The number of rotatable bonds is 8. The number of aryl methyl sites for hydroxylation is 1. The highest BCUT2D eigenvalue weighted by Crippen LogP contribution is 2.60. The summed E-state index contributed by atoms with van der Waals surface area (Å²) in [5.74, 6) is 1.31. The Hall–Kier alpha value is -2.39. The van der Waals surface area contributed by atoms with Crippen molar-refractivity contribution in [2.24, 2.45) is 23.2 Å². The largest absolute Gasteiger partial charge is 0.454 e. The first-order valence-corrected chi connectivity index (χ1v) is 11.3. The van der Waals surface area contributed by atoms with Crippen LogP contribution in [0.2, 0.25) is 0 Å². The number of hydrogen-bond acceptors (Lipinski definition) is 5. The van der Waals surface area contributed by atoms with Gasteiger partial charge in [0.15, 0.2) is 12.4 Å². The lowest BCUT2D eigenvalue weighted by Gasteiger charge is -2.55. The molecule has 4 aliphatic carbocycles. The lowest BCUT2D eigenvalue weighted by Crippen LogP contribution is -2.51. The molecule has 166 valence electrons. The Balaban J connectivity index is 1.42. The standard InChI is InChI=1S/C25H32N2O4/c1-16-6-21(17(2)27(16)4-5-30-3)10-22(14-26)24(29)31-15-23(28)25-11-18-7-19(12-25)9-20(8-18)13-25/h6,10,18-20H,4-5,7-9,11-13,15H2,1-3H3/b22-10+. The first-order valence-electron chi connectivity index (χ1n) is 11.3. The van der Waals surface area contributed by atoms with Crippen LogP contribution in [0.1, 0.15) is 55.5 Å². The molecule has 0 radical (unpaired) electrons. The van der Waals surface area contributed by atoms with Crippen molar-refractivity contribution in [2.45, 2.75) is 58.9 Å². The van der Waals surface area contributed by atoms with Gasteiger partial charge in [0, 0.05) is 30.5 Å². The molecule has 0 atom stereocenters. The Morgan fingerprint density at radius 3 is 2.35 bits per heavy atom. The Labute approximate surface area is 184 Å². The van der Waals surface area contributed by atoms with Gasteiger partial charge in [0.2, 0.25) is 0 Å². The van der Waals surface area contributed by atoms with Crippen LogP contribution in [0.4, 0.5) is 0 Å². The van der Waals surface area contributed by atoms with Gasteiger partial charge in [-0.15, -0.1) is 0 Å². The van der Waals surface area contributed by atoms with E-state index in [2.05, 4.69) is 4.57 Å². The Bertz CT molecular complexity index is 914. The van der Waals surface area contributed by atoms with Gasteiger partial charge in [-0.3, -0.25) is 4.79 Å². The molecule has 1 heterocycles. The molecule has 0 N–H and O–H groups in total. The van der Waals surface area contributed by atoms with Crippen molar-refractivity contribution in [3.05, 3.63) is 28.6 Å². The van der Waals surface area contributed by atoms with Crippen molar-refractivity contribution in [2.75, 3.05) is 20.3 Å². The second-order valence-corrected chi connectivity index (χ2v) is 9.84. The highest BCUT2D eigenvalue weighted by Gasteiger charge is 2.54. The van der Waals surface area contributed by atoms with Crippen LogP contribution in [-0.4, -0.2) is 36.6 Å². The number of ketones is 1. The SMILES string of the molecule is COCCn1c(C)cc(/C=C(\C#N)C(=O)OCC(=O)C23CC4CC(CC(C4)C2)C3)c1C. The molecule has 4 saturated carbocycles. The minimum absolute atomic E-state index is 0.0509. The number of carbonyl (C=O) groups excluding carboxylic acids is 2. The van der Waals surface area contributed by atoms with Gasteiger partial charge in [0.05, 0.1) is 6.61 Å². The fourth-order valence-electron chi connectivity index (χ4n) is 6.61. The van der Waals surface area contributed by atoms with E-state index in [1.165, 1.54) is 19.3 Å². The minimum Gasteiger partial charge on any atom is -0.454 e. The average Bonchev–Trinajstić information content (AvgIpc) is 2.99. The number of ether oxygens (including phenoxy) is 2. The van der Waals surface area contributed by atoms with E-state index in [9.17, 15) is 14.9 Å². The van der Waals surface area contributed by atoms with Crippen molar-refractivity contribution >= 4 is 17.8 Å². The van der Waals surface area contributed by atoms with Gasteiger partial charge in [-0.05, 0) is 87.8 Å². The zero-order valence-corrected chi connectivity index (χ0v) is 18.8. The monoisotopic (exact) mass is 424 g/mol. The molecule has 0 aliphatic heterocycles. The second-order valence-electron chi connectivity index (χ2n) is 9.84. The van der Waals surface area contributed by atoms with Crippen LogP contribution in [0, 0.1) is 48.3 Å². The number of carbonyl (C=O) groups is 2. The van der Waals surface area contributed by atoms with Crippen LogP contribution in [0.15, 0.2) is 11.6 Å². The average molecular weight is 425 g/mol. The van der Waals surface area contributed by atoms with Crippen molar-refractivity contribution < 1.29 is 19.1 Å². The maximum Gasteiger partial charge on any atom is 0.349 e. The van der Waals surface area contributed by atoms with Crippen molar-refractivity contribution in [3.63, 3.8) is 0 Å². The Morgan fingerprint density at radius 2 is 1.81 bits per heavy atom. The van der Waals surface area contributed by atoms with Gasteiger partial charge in [-0.2, -0.15) is 5.26 Å². The van der Waals surface area contributed by atoms with Crippen LogP contribution < -0.4 is 0 Å². The zero-order valence-electron chi connectivity index (χ0n) is 18.8. The van der Waals surface area contributed by atoms with Gasteiger partial charge in [-0.25, -0.2) is 4.79 Å². The van der Waals surface area contributed by atoms with E-state index in [4.69, 9.17) is 9.47 Å². The summed E-state index contributed by atoms with van der Waals surface area (Å²) >= 11 is 0. The summed E-state index contributed by atoms with van der Waals surface area (Å²) in [6.07, 6.45) is 8.18. The number of esters is 1. The van der Waals surface area contributed by atoms with Gasteiger partial charge in [0.25, 0.3) is 0 Å². The zero-order chi connectivity index (χ0) is 22.2. The molecule has 0 saturated heterocycles. The third kappa shape index (κ3) is 4.21. The lowest BCUT2D eigenvalue weighted by molar-refractivity contribution is -0.155. The maximum absolute atomic E-state index is 13.1. The smallest absolute Gasteiger partial charge is 0.349 e. The molecule has 5 rings (SSSR count). The molecule has 1 aromatic rings. The summed E-state index contributed by atoms with van der Waals surface area (Å²) in [6.45, 7) is 4.99. The summed E-state index contributed by atoms with van der Waals surface area (Å²) < 4.78 is 12.6. The fraction of sp³-hybridized carbons (Fsp3) is 0.640. The number of nitrogens with zero attached hydrogens (tertiary/aromatic N) is 2. The molecule has 0 unspecified atom stereocenters. The molecule has 4 aliphatic rings. The summed E-state index contributed by atoms with van der Waals surface area (Å²) in [4.78, 5) is 25.7. The Kier molecular flexibility index (Phi) is 6.07. The van der Waals surface area contributed by atoms with Crippen molar-refractivity contribution in [1.82, 2.24) is 4.57 Å². The number of methoxy groups -OCH3 is 1. The Morgan fingerprint density at radius 1 is 1.19 bits per heavy atom. The summed E-state index contributed by atoms with van der Waals surface area (Å²) in [6, 6.07) is 3.89. The predicted molar refractivity (Wildman–Crippen MR) is 116 cm³/mol. The molecule has 1 aromatic heterocycles. The number of nitriles is 1. The third-order valence-corrected chi connectivity index (χ3v) is 7.74. The molecule has 4 bridgehead atoms. The van der Waals surface area contributed by atoms with Crippen LogP contribution in [0.25, 0.3) is 6.08 Å². The van der Waals surface area contributed by atoms with Crippen LogP contribution in [-0.2, 0) is 25.6 Å². The molecule has 4 fully saturated rings. The molecule has 6 nitrogen and oxygen atoms in total. The van der Waals surface area contributed by atoms with E-state index in [0.717, 1.165) is 36.2 Å². The quantitative estimate of drug-likeness (QED) is 0.358. The minimum atomic E-state index is -0.720. The second kappa shape index (κ2) is 8.63. The predicted octanol–water partition coefficient (Wildman–Crippen LogP) is 3.99. The molecule has 0 amide bonds. The summed E-state index contributed by atoms with van der Waals surface area (Å²) in [7, 11) is 1.66. The molecule has 0 aromatic carbocycles. The van der Waals surface area contributed by atoms with Gasteiger partial charge < -0.3 is 14.0 Å². The molecule has 31 heavy (non-hydrogen) atoms. The van der Waals surface area contributed by atoms with E-state index in [0.29, 0.717) is 30.9 Å².